The van der Waals surface area contributed by atoms with E-state index in [1.54, 1.807) is 16.2 Å². The van der Waals surface area contributed by atoms with Gasteiger partial charge in [0.05, 0.1) is 22.7 Å². The molecule has 1 N–H and O–H groups in total. The summed E-state index contributed by atoms with van der Waals surface area (Å²) in [6, 6.07) is 0. The van der Waals surface area contributed by atoms with Gasteiger partial charge in [-0.25, -0.2) is 9.78 Å². The van der Waals surface area contributed by atoms with Gasteiger partial charge in [0.2, 0.25) is 11.8 Å². The van der Waals surface area contributed by atoms with Gasteiger partial charge in [0.1, 0.15) is 6.61 Å². The summed E-state index contributed by atoms with van der Waals surface area (Å²) in [4.78, 5) is 42.1. The molecule has 1 aromatic heterocycles. The molecule has 12 heteroatoms. The van der Waals surface area contributed by atoms with Crippen molar-refractivity contribution in [2.24, 2.45) is 5.41 Å². The zero-order valence-corrected chi connectivity index (χ0v) is 17.5. The number of likely N-dealkylation sites (tertiary alicyclic amines) is 2. The molecule has 0 saturated carbocycles. The number of thiazole rings is 1. The van der Waals surface area contributed by atoms with Gasteiger partial charge in [-0.2, -0.15) is 13.2 Å². The Morgan fingerprint density at radius 2 is 2.00 bits per heavy atom. The molecule has 1 aromatic rings. The Balaban J connectivity index is 0.000000396. The molecule has 0 aromatic carbocycles. The zero-order chi connectivity index (χ0) is 22.5. The maximum Gasteiger partial charge on any atom is 0.490 e. The first-order valence-corrected chi connectivity index (χ1v) is 10.1. The van der Waals surface area contributed by atoms with Crippen LogP contribution in [0.4, 0.5) is 13.2 Å². The molecule has 168 valence electrons. The van der Waals surface area contributed by atoms with Gasteiger partial charge in [0.15, 0.2) is 0 Å². The van der Waals surface area contributed by atoms with Gasteiger partial charge in [0, 0.05) is 32.1 Å². The minimum absolute atomic E-state index is 0.0204. The molecule has 3 rings (SSSR count). The van der Waals surface area contributed by atoms with Crippen molar-refractivity contribution in [3.05, 3.63) is 16.1 Å². The number of aromatic nitrogens is 1. The molecular weight excluding hydrogens is 427 g/mol. The number of carboxylic acids is 1. The summed E-state index contributed by atoms with van der Waals surface area (Å²) >= 11 is 1.61. The lowest BCUT2D eigenvalue weighted by molar-refractivity contribution is -0.192. The summed E-state index contributed by atoms with van der Waals surface area (Å²) < 4.78 is 36.7. The Labute approximate surface area is 175 Å². The Hall–Kier alpha value is -2.21. The van der Waals surface area contributed by atoms with E-state index in [9.17, 15) is 22.8 Å². The first-order valence-electron chi connectivity index (χ1n) is 9.26. The van der Waals surface area contributed by atoms with Crippen LogP contribution in [-0.2, 0) is 25.7 Å². The second-order valence-corrected chi connectivity index (χ2v) is 8.33. The van der Waals surface area contributed by atoms with Gasteiger partial charge >= 0.3 is 12.1 Å². The van der Waals surface area contributed by atoms with E-state index in [0.29, 0.717) is 13.1 Å². The van der Waals surface area contributed by atoms with E-state index in [4.69, 9.17) is 14.6 Å². The summed E-state index contributed by atoms with van der Waals surface area (Å²) in [5.74, 6) is -2.60. The highest BCUT2D eigenvalue weighted by Gasteiger charge is 2.49. The highest BCUT2D eigenvalue weighted by molar-refractivity contribution is 7.09. The minimum atomic E-state index is -5.08. The molecule has 2 fully saturated rings. The van der Waals surface area contributed by atoms with Crippen molar-refractivity contribution in [1.29, 1.82) is 0 Å². The van der Waals surface area contributed by atoms with E-state index in [1.807, 2.05) is 17.2 Å². The summed E-state index contributed by atoms with van der Waals surface area (Å²) in [6.45, 7) is 4.65. The topological polar surface area (TPSA) is 100 Å². The number of carboxylic acid groups (broad SMARTS) is 1. The Kier molecular flexibility index (Phi) is 7.81. The average Bonchev–Trinajstić information content (AvgIpc) is 3.21. The van der Waals surface area contributed by atoms with Crippen LogP contribution in [0, 0.1) is 12.3 Å². The number of alkyl halides is 3. The van der Waals surface area contributed by atoms with Crippen LogP contribution in [0.5, 0.6) is 0 Å². The third-order valence-corrected chi connectivity index (χ3v) is 5.88. The Morgan fingerprint density at radius 1 is 1.33 bits per heavy atom. The lowest BCUT2D eigenvalue weighted by Gasteiger charge is -2.39. The van der Waals surface area contributed by atoms with Gasteiger partial charge in [-0.1, -0.05) is 0 Å². The predicted octanol–water partition coefficient (Wildman–Crippen LogP) is 2.07. The largest absolute Gasteiger partial charge is 0.490 e. The van der Waals surface area contributed by atoms with Gasteiger partial charge in [0.25, 0.3) is 0 Å². The molecule has 8 nitrogen and oxygen atoms in total. The fourth-order valence-corrected chi connectivity index (χ4v) is 4.26. The monoisotopic (exact) mass is 451 g/mol. The van der Waals surface area contributed by atoms with Crippen molar-refractivity contribution in [2.45, 2.75) is 38.9 Å². The van der Waals surface area contributed by atoms with Crippen molar-refractivity contribution in [1.82, 2.24) is 14.8 Å². The minimum Gasteiger partial charge on any atom is -0.475 e. The molecule has 1 atom stereocenters. The van der Waals surface area contributed by atoms with E-state index in [0.717, 1.165) is 43.1 Å². The number of amides is 2. The maximum atomic E-state index is 13.0. The summed E-state index contributed by atoms with van der Waals surface area (Å²) in [5, 5.41) is 10.2. The van der Waals surface area contributed by atoms with Crippen LogP contribution in [0.25, 0.3) is 0 Å². The highest BCUT2D eigenvalue weighted by atomic mass is 32.1. The first-order chi connectivity index (χ1) is 14.0. The molecular formula is C18H24F3N3O5S. The van der Waals surface area contributed by atoms with Crippen LogP contribution in [-0.4, -0.2) is 77.2 Å². The third-order valence-electron chi connectivity index (χ3n) is 5.06. The van der Waals surface area contributed by atoms with Crippen molar-refractivity contribution >= 4 is 29.1 Å². The van der Waals surface area contributed by atoms with Crippen LogP contribution >= 0.6 is 11.3 Å². The van der Waals surface area contributed by atoms with E-state index in [1.165, 1.54) is 7.11 Å². The van der Waals surface area contributed by atoms with Gasteiger partial charge in [-0.3, -0.25) is 9.59 Å². The molecule has 1 spiro atoms. The van der Waals surface area contributed by atoms with Crippen LogP contribution in [0.3, 0.4) is 0 Å². The predicted molar refractivity (Wildman–Crippen MR) is 101 cm³/mol. The normalized spacial score (nSPS) is 21.6. The SMILES string of the molecule is COCC(=O)N1CCCC2(CCN(Cc3csc(C)n3)C2=O)C1.O=C(O)C(F)(F)F. The molecule has 0 bridgehead atoms. The number of aliphatic carboxylic acids is 1. The average molecular weight is 451 g/mol. The third kappa shape index (κ3) is 5.91. The number of hydrogen-bond donors (Lipinski definition) is 1. The first kappa shape index (κ1) is 24.1. The number of ether oxygens (including phenoxy) is 1. The molecule has 2 saturated heterocycles. The molecule has 30 heavy (non-hydrogen) atoms. The van der Waals surface area contributed by atoms with E-state index in [2.05, 4.69) is 4.98 Å². The van der Waals surface area contributed by atoms with Crippen molar-refractivity contribution in [2.75, 3.05) is 33.4 Å². The van der Waals surface area contributed by atoms with Crippen LogP contribution in [0.15, 0.2) is 5.38 Å². The number of hydrogen-bond acceptors (Lipinski definition) is 6. The second kappa shape index (κ2) is 9.73. The standard InChI is InChI=1S/C16H23N3O3S.C2HF3O2/c1-12-17-13(10-23-12)8-18-7-5-16(15(18)21)4-3-6-19(11-16)14(20)9-22-2;3-2(4,5)1(6)7/h10H,3-9,11H2,1-2H3;(H,6,7). The second-order valence-electron chi connectivity index (χ2n) is 7.27. The summed E-state index contributed by atoms with van der Waals surface area (Å²) in [7, 11) is 1.52. The number of piperidine rings is 1. The number of aryl methyl sites for hydroxylation is 1. The number of carbonyl (C=O) groups excluding carboxylic acids is 2. The molecule has 1 unspecified atom stereocenters. The Morgan fingerprint density at radius 3 is 2.53 bits per heavy atom. The molecule has 2 aliphatic heterocycles. The summed E-state index contributed by atoms with van der Waals surface area (Å²) in [6.07, 6.45) is -2.51. The molecule has 0 aliphatic carbocycles. The quantitative estimate of drug-likeness (QED) is 0.753. The lowest BCUT2D eigenvalue weighted by atomic mass is 9.78. The number of methoxy groups -OCH3 is 1. The molecule has 3 heterocycles. The van der Waals surface area contributed by atoms with Crippen LogP contribution in [0.1, 0.15) is 30.0 Å². The van der Waals surface area contributed by atoms with Crippen molar-refractivity contribution in [3.8, 4) is 0 Å². The summed E-state index contributed by atoms with van der Waals surface area (Å²) in [5.41, 5.74) is 0.563. The van der Waals surface area contributed by atoms with E-state index < -0.39 is 17.6 Å². The van der Waals surface area contributed by atoms with E-state index >= 15 is 0 Å². The smallest absolute Gasteiger partial charge is 0.475 e. The number of nitrogens with zero attached hydrogens (tertiary/aromatic N) is 3. The van der Waals surface area contributed by atoms with Crippen LogP contribution in [0.2, 0.25) is 0 Å². The maximum absolute atomic E-state index is 13.0. The number of carbonyl (C=O) groups is 3. The number of halogens is 3. The zero-order valence-electron chi connectivity index (χ0n) is 16.7. The van der Waals surface area contributed by atoms with Crippen molar-refractivity contribution < 1.29 is 37.4 Å². The highest BCUT2D eigenvalue weighted by Crippen LogP contribution is 2.40. The number of rotatable bonds is 4. The lowest BCUT2D eigenvalue weighted by Crippen LogP contribution is -2.50. The van der Waals surface area contributed by atoms with Gasteiger partial charge in [-0.05, 0) is 26.2 Å². The fourth-order valence-electron chi connectivity index (χ4n) is 3.66. The molecule has 2 amide bonds. The Bertz CT molecular complexity index is 785. The van der Waals surface area contributed by atoms with E-state index in [-0.39, 0.29) is 18.4 Å². The van der Waals surface area contributed by atoms with Gasteiger partial charge < -0.3 is 19.6 Å². The van der Waals surface area contributed by atoms with Gasteiger partial charge in [-0.15, -0.1) is 11.3 Å². The molecule has 2 aliphatic rings. The fraction of sp³-hybridized carbons (Fsp3) is 0.667. The van der Waals surface area contributed by atoms with Crippen molar-refractivity contribution in [3.63, 3.8) is 0 Å². The van der Waals surface area contributed by atoms with Crippen LogP contribution < -0.4 is 0 Å². The molecule has 0 radical (unpaired) electrons.